The molecule has 1 atom stereocenters. The molecule has 10 nitrogen and oxygen atoms in total. The summed E-state index contributed by atoms with van der Waals surface area (Å²) in [6, 6.07) is 118. The van der Waals surface area contributed by atoms with Crippen LogP contribution in [0.4, 0.5) is 0 Å². The standard InChI is InChI=1S/C45H30N6.C38H26N4.Bi.H3P.2H/c1-4-16-34(17-5-1)49-40-25-13-10-22-37(40)46-43(49)31-28-32(44-47-38-23-11-14-26-41(38)50(44)35-18-6-2-7-19-35)30-33(29-31)45-48-39-24-12-15-27-42(39)51(45)36-20-8-3-9-21-36;1-3-11-31(12-4-1)41-35-17-9-7-15-33(35)39-37(41)29-23-19-27(20-24-29)28-21-25-30(26-22-28)38-40-34-16-8-10-18-36(34)42(38)32-13-5-2-6-14-32;;;;/h1-30H;1-26H;;1H3;;/i;;;1T;;. The Hall–Kier alpha value is -11.5. The van der Waals surface area contributed by atoms with Crippen LogP contribution in [0.5, 0.6) is 0 Å². The Kier molecular flexibility index (Phi) is 16.0. The van der Waals surface area contributed by atoms with E-state index in [1.54, 1.807) is 9.84 Å². The average Bonchev–Trinajstić information content (AvgIpc) is 1.59. The third kappa shape index (κ3) is 11.1. The van der Waals surface area contributed by atoms with Crippen LogP contribution in [-0.4, -0.2) is 75.2 Å². The summed E-state index contributed by atoms with van der Waals surface area (Å²) in [5.41, 5.74) is 22.7. The Morgan fingerprint density at radius 2 is 0.358 bits per heavy atom. The molecule has 95 heavy (non-hydrogen) atoms. The third-order valence-electron chi connectivity index (χ3n) is 17.2. The molecule has 0 bridgehead atoms. The van der Waals surface area contributed by atoms with E-state index in [2.05, 4.69) is 302 Å². The van der Waals surface area contributed by atoms with E-state index in [-0.39, 0.29) is 26.2 Å². The van der Waals surface area contributed by atoms with Crippen LogP contribution >= 0.6 is 9.84 Å². The van der Waals surface area contributed by atoms with Gasteiger partial charge < -0.3 is 0 Å². The summed E-state index contributed by atoms with van der Waals surface area (Å²) in [6.07, 6.45) is 0. The molecule has 13 aromatic carbocycles. The van der Waals surface area contributed by atoms with Crippen LogP contribution in [0.2, 0.25) is 0 Å². The average molecular weight is 1440 g/mol. The Bertz CT molecular complexity index is 5250. The molecule has 5 aromatic heterocycles. The van der Waals surface area contributed by atoms with Crippen LogP contribution in [0, 0.1) is 0 Å². The van der Waals surface area contributed by atoms with Gasteiger partial charge in [0.05, 0.1) is 56.4 Å². The van der Waals surface area contributed by atoms with Crippen LogP contribution < -0.4 is 0 Å². The van der Waals surface area contributed by atoms with Crippen molar-refractivity contribution in [2.75, 3.05) is 0 Å². The number of aromatic nitrogens is 10. The van der Waals surface area contributed by atoms with Crippen molar-refractivity contribution in [1.82, 2.24) is 47.8 Å². The Morgan fingerprint density at radius 1 is 0.189 bits per heavy atom. The summed E-state index contributed by atoms with van der Waals surface area (Å²) < 4.78 is 16.9. The van der Waals surface area contributed by atoms with Crippen molar-refractivity contribution >= 4 is 91.2 Å². The number of hydrogen-bond acceptors (Lipinski definition) is 5. The van der Waals surface area contributed by atoms with Crippen molar-refractivity contribution in [1.29, 1.82) is 1.28 Å². The molecule has 12 heteroatoms. The minimum absolute atomic E-state index is 0. The predicted molar refractivity (Wildman–Crippen MR) is 398 cm³/mol. The smallest absolute Gasteiger partial charge is 0.145 e. The Morgan fingerprint density at radius 3 is 0.568 bits per heavy atom. The van der Waals surface area contributed by atoms with Crippen LogP contribution in [0.15, 0.2) is 340 Å². The van der Waals surface area contributed by atoms with Crippen molar-refractivity contribution in [2.24, 2.45) is 0 Å². The van der Waals surface area contributed by atoms with Crippen LogP contribution in [0.1, 0.15) is 0 Å². The number of para-hydroxylation sites is 15. The molecule has 0 aliphatic rings. The summed E-state index contributed by atoms with van der Waals surface area (Å²) in [5, 5.41) is 0. The van der Waals surface area contributed by atoms with Crippen molar-refractivity contribution < 1.29 is 0 Å². The molecule has 0 N–H and O–H groups in total. The zero-order chi connectivity index (χ0) is 63.6. The van der Waals surface area contributed by atoms with E-state index >= 15 is 0 Å². The molecule has 0 fully saturated rings. The maximum atomic E-state index is 5.67. The normalized spacial score (nSPS) is 11.3. The van der Waals surface area contributed by atoms with E-state index in [9.17, 15) is 0 Å². The van der Waals surface area contributed by atoms with Gasteiger partial charge in [0.1, 0.15) is 29.1 Å². The molecular formula is C83H61BiN10P. The summed E-state index contributed by atoms with van der Waals surface area (Å²) in [6.45, 7) is 0. The second-order valence-electron chi connectivity index (χ2n) is 22.9. The fraction of sp³-hybridized carbons (Fsp3) is 0. The molecule has 453 valence electrons. The first-order valence-electron chi connectivity index (χ1n) is 31.7. The molecule has 0 saturated carbocycles. The summed E-state index contributed by atoms with van der Waals surface area (Å²) in [5.74, 6) is 4.40. The summed E-state index contributed by atoms with van der Waals surface area (Å²) in [7, 11) is 1.67. The molecule has 18 aromatic rings. The second-order valence-corrected chi connectivity index (χ2v) is 22.9. The van der Waals surface area contributed by atoms with Crippen molar-refractivity contribution in [3.8, 4) is 96.5 Å². The first-order chi connectivity index (χ1) is 47.1. The number of fused-ring (bicyclic) bond motifs is 5. The van der Waals surface area contributed by atoms with Gasteiger partial charge in [0, 0.05) is 56.3 Å². The largest absolute Gasteiger partial charge is 0.292 e. The number of nitrogens with zero attached hydrogens (tertiary/aromatic N) is 10. The van der Waals surface area contributed by atoms with Crippen molar-refractivity contribution in [2.45, 2.75) is 0 Å². The predicted octanol–water partition coefficient (Wildman–Crippen LogP) is 19.2. The van der Waals surface area contributed by atoms with Gasteiger partial charge >= 0.3 is 26.2 Å². The van der Waals surface area contributed by atoms with E-state index in [1.165, 1.54) is 0 Å². The molecule has 5 heterocycles. The maximum absolute atomic E-state index is 5.67. The Labute approximate surface area is 572 Å². The fourth-order valence-electron chi connectivity index (χ4n) is 12.9. The molecule has 0 amide bonds. The first kappa shape index (κ1) is 58.6. The quantitative estimate of drug-likeness (QED) is 0.0951. The van der Waals surface area contributed by atoms with Gasteiger partial charge in [0.25, 0.3) is 0 Å². The van der Waals surface area contributed by atoms with E-state index in [4.69, 9.17) is 26.2 Å². The van der Waals surface area contributed by atoms with E-state index in [0.717, 1.165) is 152 Å². The molecule has 0 aliphatic carbocycles. The molecule has 18 rings (SSSR count). The summed E-state index contributed by atoms with van der Waals surface area (Å²) in [4.78, 5) is 25.9. The van der Waals surface area contributed by atoms with Gasteiger partial charge in [0.15, 0.2) is 0 Å². The fourth-order valence-corrected chi connectivity index (χ4v) is 12.9. The van der Waals surface area contributed by atoms with E-state index in [0.29, 0.717) is 0 Å². The van der Waals surface area contributed by atoms with Crippen molar-refractivity contribution in [3.63, 3.8) is 0 Å². The first-order valence-corrected chi connectivity index (χ1v) is 31.2. The van der Waals surface area contributed by atoms with Gasteiger partial charge in [-0.25, -0.2) is 24.9 Å². The zero-order valence-electron chi connectivity index (χ0n) is 52.5. The van der Waals surface area contributed by atoms with Crippen molar-refractivity contribution in [3.05, 3.63) is 340 Å². The van der Waals surface area contributed by atoms with Gasteiger partial charge in [-0.05, 0) is 151 Å². The summed E-state index contributed by atoms with van der Waals surface area (Å²) >= 11 is 0. The Balaban J connectivity index is 0.000000155. The van der Waals surface area contributed by atoms with Gasteiger partial charge in [-0.2, -0.15) is 9.84 Å². The zero-order valence-corrected chi connectivity index (χ0v) is 57.1. The monoisotopic (exact) mass is 1440 g/mol. The van der Waals surface area contributed by atoms with E-state index in [1.807, 2.05) is 60.7 Å². The van der Waals surface area contributed by atoms with Crippen LogP contribution in [-0.2, 0) is 0 Å². The van der Waals surface area contributed by atoms with Gasteiger partial charge in [-0.3, -0.25) is 22.8 Å². The van der Waals surface area contributed by atoms with Gasteiger partial charge in [-0.15, -0.1) is 0 Å². The van der Waals surface area contributed by atoms with Gasteiger partial charge in [0.2, 0.25) is 0 Å². The molecule has 1 unspecified atom stereocenters. The molecule has 0 spiro atoms. The third-order valence-corrected chi connectivity index (χ3v) is 17.2. The number of benzene rings is 13. The van der Waals surface area contributed by atoms with E-state index < -0.39 is 0 Å². The minimum atomic E-state index is 0. The van der Waals surface area contributed by atoms with Crippen LogP contribution in [0.3, 0.4) is 0 Å². The SMILES string of the molecule is [3H]P.[BiH2].c1ccc(-n2c(-c3cc(-c4nc5ccccc5n4-c4ccccc4)cc(-c4nc5ccccc5n4-c4ccccc4)c3)nc3ccccc32)cc1.c1ccc(-n2c(-c3ccc(-c4ccc(-c5nc6ccccc6n5-c5ccccc5)cc4)cc3)nc3ccccc32)cc1. The van der Waals surface area contributed by atoms with Gasteiger partial charge in [-0.1, -0.05) is 200 Å². The molecular weight excluding hydrogens is 1380 g/mol. The number of imidazole rings is 5. The number of hydrogen-bond donors (Lipinski definition) is 0. The molecule has 0 saturated heterocycles. The second kappa shape index (κ2) is 25.9. The topological polar surface area (TPSA) is 89.1 Å². The number of rotatable bonds is 11. The molecule has 1 radical (unpaired) electrons. The van der Waals surface area contributed by atoms with Crippen LogP contribution in [0.25, 0.3) is 152 Å². The minimum Gasteiger partial charge on any atom is -0.292 e. The molecule has 0 aliphatic heterocycles. The maximum Gasteiger partial charge on any atom is 0.145 e.